The Labute approximate surface area is 163 Å². The van der Waals surface area contributed by atoms with Crippen molar-refractivity contribution in [3.05, 3.63) is 18.2 Å². The first-order chi connectivity index (χ1) is 13.6. The van der Waals surface area contributed by atoms with E-state index in [-0.39, 0.29) is 6.42 Å². The standard InChI is InChI=1S/C15H22N6O8/c16-8(1-7-3-17-6-19-7)13(26)21-9(2-12(24)25)14(27)18-4-11(23)20-10(5-22)15(28)29/h3,6,8-10,22H,1-2,4-5,16H2,(H,17,19)(H,18,27)(H,20,23)(H,21,26)(H,24,25)(H,28,29). The minimum absolute atomic E-state index is 0.0629. The summed E-state index contributed by atoms with van der Waals surface area (Å²) in [6.07, 6.45) is 2.12. The molecular weight excluding hydrogens is 392 g/mol. The normalized spacial score (nSPS) is 13.6. The van der Waals surface area contributed by atoms with Crippen molar-refractivity contribution in [2.24, 2.45) is 5.73 Å². The highest BCUT2D eigenvalue weighted by Gasteiger charge is 2.27. The number of amides is 3. The smallest absolute Gasteiger partial charge is 0.328 e. The van der Waals surface area contributed by atoms with Crippen molar-refractivity contribution in [3.63, 3.8) is 0 Å². The Morgan fingerprint density at radius 2 is 1.79 bits per heavy atom. The van der Waals surface area contributed by atoms with Gasteiger partial charge in [0.25, 0.3) is 0 Å². The summed E-state index contributed by atoms with van der Waals surface area (Å²) in [6, 6.07) is -4.17. The Bertz CT molecular complexity index is 737. The van der Waals surface area contributed by atoms with Crippen molar-refractivity contribution in [1.82, 2.24) is 25.9 Å². The lowest BCUT2D eigenvalue weighted by molar-refractivity contribution is -0.143. The maximum atomic E-state index is 12.2. The number of aliphatic hydroxyl groups excluding tert-OH is 1. The third-order valence-corrected chi connectivity index (χ3v) is 3.58. The summed E-state index contributed by atoms with van der Waals surface area (Å²) in [4.78, 5) is 64.2. The van der Waals surface area contributed by atoms with E-state index in [4.69, 9.17) is 21.1 Å². The van der Waals surface area contributed by atoms with Gasteiger partial charge in [0.05, 0.1) is 31.9 Å². The second-order valence-corrected chi connectivity index (χ2v) is 5.91. The number of aromatic amines is 1. The van der Waals surface area contributed by atoms with Gasteiger partial charge in [-0.2, -0.15) is 0 Å². The average molecular weight is 414 g/mol. The predicted octanol–water partition coefficient (Wildman–Crippen LogP) is -4.08. The molecule has 0 aliphatic heterocycles. The van der Waals surface area contributed by atoms with Gasteiger partial charge in [-0.1, -0.05) is 0 Å². The number of aliphatic hydroxyl groups is 1. The van der Waals surface area contributed by atoms with Gasteiger partial charge in [0, 0.05) is 18.3 Å². The third-order valence-electron chi connectivity index (χ3n) is 3.58. The molecule has 160 valence electrons. The summed E-state index contributed by atoms with van der Waals surface area (Å²) in [6.45, 7) is -1.56. The number of hydrogen-bond acceptors (Lipinski definition) is 8. The van der Waals surface area contributed by atoms with Gasteiger partial charge in [-0.15, -0.1) is 0 Å². The van der Waals surface area contributed by atoms with E-state index in [0.717, 1.165) is 0 Å². The van der Waals surface area contributed by atoms with Crippen LogP contribution in [0, 0.1) is 0 Å². The molecule has 3 unspecified atom stereocenters. The van der Waals surface area contributed by atoms with E-state index in [1.165, 1.54) is 12.5 Å². The van der Waals surface area contributed by atoms with Crippen molar-refractivity contribution in [2.75, 3.05) is 13.2 Å². The van der Waals surface area contributed by atoms with Crippen LogP contribution < -0.4 is 21.7 Å². The molecule has 0 fully saturated rings. The van der Waals surface area contributed by atoms with E-state index in [1.807, 2.05) is 5.32 Å². The fraction of sp³-hybridized carbons (Fsp3) is 0.467. The van der Waals surface area contributed by atoms with E-state index in [0.29, 0.717) is 5.69 Å². The van der Waals surface area contributed by atoms with Crippen molar-refractivity contribution >= 4 is 29.7 Å². The Morgan fingerprint density at radius 3 is 2.31 bits per heavy atom. The average Bonchev–Trinajstić information content (AvgIpc) is 3.15. The first kappa shape index (κ1) is 23.5. The molecule has 0 radical (unpaired) electrons. The highest BCUT2D eigenvalue weighted by molar-refractivity contribution is 5.94. The Balaban J connectivity index is 2.62. The minimum atomic E-state index is -1.56. The quantitative estimate of drug-likeness (QED) is 0.164. The molecule has 0 aliphatic carbocycles. The van der Waals surface area contributed by atoms with Gasteiger partial charge in [-0.05, 0) is 0 Å². The Kier molecular flexibility index (Phi) is 9.21. The molecule has 3 atom stereocenters. The topological polar surface area (TPSA) is 237 Å². The van der Waals surface area contributed by atoms with Crippen LogP contribution in [0.25, 0.3) is 0 Å². The zero-order chi connectivity index (χ0) is 22.0. The molecule has 29 heavy (non-hydrogen) atoms. The van der Waals surface area contributed by atoms with Gasteiger partial charge in [0.2, 0.25) is 17.7 Å². The predicted molar refractivity (Wildman–Crippen MR) is 94.1 cm³/mol. The van der Waals surface area contributed by atoms with Crippen molar-refractivity contribution in [2.45, 2.75) is 31.0 Å². The molecule has 1 heterocycles. The second kappa shape index (κ2) is 11.4. The zero-order valence-corrected chi connectivity index (χ0v) is 15.1. The molecule has 1 aromatic heterocycles. The van der Waals surface area contributed by atoms with Gasteiger partial charge in [-0.25, -0.2) is 9.78 Å². The number of H-pyrrole nitrogens is 1. The van der Waals surface area contributed by atoms with E-state index >= 15 is 0 Å². The molecule has 0 bridgehead atoms. The lowest BCUT2D eigenvalue weighted by atomic mass is 10.1. The summed E-state index contributed by atoms with van der Waals surface area (Å²) in [7, 11) is 0. The fourth-order valence-corrected chi connectivity index (χ4v) is 2.11. The highest BCUT2D eigenvalue weighted by Crippen LogP contribution is 1.99. The van der Waals surface area contributed by atoms with Crippen molar-refractivity contribution in [3.8, 4) is 0 Å². The van der Waals surface area contributed by atoms with E-state index in [9.17, 15) is 24.0 Å². The molecule has 0 aliphatic rings. The molecule has 1 rings (SSSR count). The van der Waals surface area contributed by atoms with Crippen LogP contribution in [0.15, 0.2) is 12.5 Å². The monoisotopic (exact) mass is 414 g/mol. The van der Waals surface area contributed by atoms with Gasteiger partial charge in [0.15, 0.2) is 0 Å². The first-order valence-corrected chi connectivity index (χ1v) is 8.29. The molecule has 1 aromatic rings. The van der Waals surface area contributed by atoms with Crippen LogP contribution >= 0.6 is 0 Å². The summed E-state index contributed by atoms with van der Waals surface area (Å²) in [5.41, 5.74) is 6.28. The zero-order valence-electron chi connectivity index (χ0n) is 15.1. The number of carboxylic acids is 2. The number of carbonyl (C=O) groups is 5. The third kappa shape index (κ3) is 8.35. The number of aliphatic carboxylic acids is 2. The van der Waals surface area contributed by atoms with Gasteiger partial charge in [0.1, 0.15) is 12.1 Å². The Hall–Kier alpha value is -3.52. The number of nitrogens with one attached hydrogen (secondary N) is 4. The SMILES string of the molecule is NC(Cc1cnc[nH]1)C(=O)NC(CC(=O)O)C(=O)NCC(=O)NC(CO)C(=O)O. The molecular formula is C15H22N6O8. The number of carboxylic acid groups (broad SMARTS) is 2. The molecule has 14 heteroatoms. The molecule has 14 nitrogen and oxygen atoms in total. The summed E-state index contributed by atoms with van der Waals surface area (Å²) in [5.74, 6) is -5.58. The number of carbonyl (C=O) groups excluding carboxylic acids is 3. The maximum absolute atomic E-state index is 12.2. The largest absolute Gasteiger partial charge is 0.481 e. The van der Waals surface area contributed by atoms with Gasteiger partial charge in [-0.3, -0.25) is 19.2 Å². The van der Waals surface area contributed by atoms with E-state index in [1.54, 1.807) is 0 Å². The number of imidazole rings is 1. The van der Waals surface area contributed by atoms with Gasteiger partial charge < -0.3 is 42.0 Å². The second-order valence-electron chi connectivity index (χ2n) is 5.91. The highest BCUT2D eigenvalue weighted by atomic mass is 16.4. The van der Waals surface area contributed by atoms with Crippen molar-refractivity contribution in [1.29, 1.82) is 0 Å². The lowest BCUT2D eigenvalue weighted by Gasteiger charge is -2.19. The van der Waals surface area contributed by atoms with Crippen LogP contribution in [0.4, 0.5) is 0 Å². The minimum Gasteiger partial charge on any atom is -0.481 e. The van der Waals surface area contributed by atoms with Crippen LogP contribution in [-0.2, 0) is 30.4 Å². The van der Waals surface area contributed by atoms with Crippen LogP contribution in [0.2, 0.25) is 0 Å². The summed E-state index contributed by atoms with van der Waals surface area (Å²) < 4.78 is 0. The number of hydrogen-bond donors (Lipinski definition) is 8. The number of nitrogens with zero attached hydrogens (tertiary/aromatic N) is 1. The molecule has 9 N–H and O–H groups in total. The van der Waals surface area contributed by atoms with Crippen LogP contribution in [-0.4, -0.2) is 86.2 Å². The maximum Gasteiger partial charge on any atom is 0.328 e. The molecule has 0 saturated carbocycles. The fourth-order valence-electron chi connectivity index (χ4n) is 2.11. The van der Waals surface area contributed by atoms with Gasteiger partial charge >= 0.3 is 11.9 Å². The van der Waals surface area contributed by atoms with Crippen LogP contribution in [0.1, 0.15) is 12.1 Å². The van der Waals surface area contributed by atoms with Crippen LogP contribution in [0.3, 0.4) is 0 Å². The number of rotatable bonds is 12. The van der Waals surface area contributed by atoms with Crippen LogP contribution in [0.5, 0.6) is 0 Å². The van der Waals surface area contributed by atoms with E-state index in [2.05, 4.69) is 20.6 Å². The van der Waals surface area contributed by atoms with E-state index < -0.39 is 67.4 Å². The number of aromatic nitrogens is 2. The molecule has 0 spiro atoms. The summed E-state index contributed by atoms with van der Waals surface area (Å²) >= 11 is 0. The van der Waals surface area contributed by atoms with Crippen molar-refractivity contribution < 1.29 is 39.3 Å². The molecule has 3 amide bonds. The summed E-state index contributed by atoms with van der Waals surface area (Å²) in [5, 5.41) is 32.7. The number of nitrogens with two attached hydrogens (primary N) is 1. The first-order valence-electron chi connectivity index (χ1n) is 8.29. The molecule has 0 aromatic carbocycles. The lowest BCUT2D eigenvalue weighted by Crippen LogP contribution is -2.54. The Morgan fingerprint density at radius 1 is 1.10 bits per heavy atom. The molecule has 0 saturated heterocycles.